The van der Waals surface area contributed by atoms with E-state index in [-0.39, 0.29) is 17.9 Å². The monoisotopic (exact) mass is 349 g/mol. The molecule has 0 heterocycles. The van der Waals surface area contributed by atoms with Crippen LogP contribution in [0.15, 0.2) is 36.4 Å². The first kappa shape index (κ1) is 17.6. The number of carbonyl (C=O) groups is 2. The van der Waals surface area contributed by atoms with Gasteiger partial charge in [0.1, 0.15) is 17.1 Å². The lowest BCUT2D eigenvalue weighted by Gasteiger charge is -2.11. The maximum absolute atomic E-state index is 12.0. The largest absolute Gasteiger partial charge is 0.497 e. The molecule has 0 aliphatic carbocycles. The van der Waals surface area contributed by atoms with Crippen molar-refractivity contribution in [1.29, 1.82) is 0 Å². The molecule has 0 aliphatic heterocycles. The Bertz CT molecular complexity index is 776. The fourth-order valence-electron chi connectivity index (χ4n) is 1.94. The average molecular weight is 350 g/mol. The van der Waals surface area contributed by atoms with Crippen molar-refractivity contribution in [2.24, 2.45) is 0 Å². The molecule has 0 saturated heterocycles. The van der Waals surface area contributed by atoms with Gasteiger partial charge in [-0.15, -0.1) is 0 Å². The topological polar surface area (TPSA) is 84.9 Å². The van der Waals surface area contributed by atoms with Crippen LogP contribution in [0, 0.1) is 6.92 Å². The third-order valence-electron chi connectivity index (χ3n) is 3.23. The summed E-state index contributed by atoms with van der Waals surface area (Å²) in [7, 11) is 1.45. The molecule has 0 fully saturated rings. The minimum atomic E-state index is -1.15. The number of ether oxygens (including phenoxy) is 2. The van der Waals surface area contributed by atoms with Gasteiger partial charge in [0.2, 0.25) is 0 Å². The number of rotatable bonds is 6. The first-order chi connectivity index (χ1) is 11.4. The van der Waals surface area contributed by atoms with Crippen LogP contribution in [0.1, 0.15) is 15.9 Å². The van der Waals surface area contributed by atoms with Gasteiger partial charge in [-0.05, 0) is 36.8 Å². The van der Waals surface area contributed by atoms with Gasteiger partial charge in [-0.2, -0.15) is 0 Å². The Morgan fingerprint density at radius 2 is 1.96 bits per heavy atom. The molecule has 0 atom stereocenters. The zero-order valence-corrected chi connectivity index (χ0v) is 13.9. The van der Waals surface area contributed by atoms with Gasteiger partial charge in [0.25, 0.3) is 5.91 Å². The number of hydrogen-bond donors (Lipinski definition) is 2. The Hall–Kier alpha value is -2.73. The number of benzene rings is 2. The van der Waals surface area contributed by atoms with E-state index in [0.29, 0.717) is 16.5 Å². The Kier molecular flexibility index (Phi) is 5.65. The molecule has 0 bridgehead atoms. The number of methoxy groups -OCH3 is 1. The highest BCUT2D eigenvalue weighted by molar-refractivity contribution is 6.31. The van der Waals surface area contributed by atoms with E-state index in [0.717, 1.165) is 5.56 Å². The number of amides is 1. The number of aromatic carboxylic acids is 1. The number of anilines is 1. The molecule has 7 heteroatoms. The third-order valence-corrected chi connectivity index (χ3v) is 3.64. The summed E-state index contributed by atoms with van der Waals surface area (Å²) < 4.78 is 10.4. The summed E-state index contributed by atoms with van der Waals surface area (Å²) in [6.07, 6.45) is 0. The van der Waals surface area contributed by atoms with Gasteiger partial charge in [-0.25, -0.2) is 4.79 Å². The molecule has 0 unspecified atom stereocenters. The average Bonchev–Trinajstić information content (AvgIpc) is 2.56. The predicted molar refractivity (Wildman–Crippen MR) is 90.3 cm³/mol. The maximum atomic E-state index is 12.0. The van der Waals surface area contributed by atoms with E-state index in [1.807, 2.05) is 6.92 Å². The number of aryl methyl sites for hydroxylation is 1. The molecule has 0 aromatic heterocycles. The van der Waals surface area contributed by atoms with Crippen molar-refractivity contribution in [3.63, 3.8) is 0 Å². The van der Waals surface area contributed by atoms with E-state index >= 15 is 0 Å². The quantitative estimate of drug-likeness (QED) is 0.835. The fourth-order valence-corrected chi connectivity index (χ4v) is 2.12. The van der Waals surface area contributed by atoms with E-state index in [4.69, 9.17) is 26.2 Å². The van der Waals surface area contributed by atoms with Crippen LogP contribution in [0.2, 0.25) is 5.02 Å². The summed E-state index contributed by atoms with van der Waals surface area (Å²) in [5.41, 5.74) is 1.37. The minimum absolute atomic E-state index is 0.0537. The predicted octanol–water partition coefficient (Wildman–Crippen LogP) is 3.37. The van der Waals surface area contributed by atoms with Crippen LogP contribution < -0.4 is 14.8 Å². The molecule has 2 aromatic rings. The molecule has 126 valence electrons. The van der Waals surface area contributed by atoms with Gasteiger partial charge in [-0.1, -0.05) is 17.7 Å². The molecule has 1 amide bonds. The first-order valence-corrected chi connectivity index (χ1v) is 7.38. The Balaban J connectivity index is 2.05. The van der Waals surface area contributed by atoms with Gasteiger partial charge in [0.05, 0.1) is 7.11 Å². The van der Waals surface area contributed by atoms with E-state index in [1.54, 1.807) is 18.2 Å². The summed E-state index contributed by atoms with van der Waals surface area (Å²) >= 11 is 6.00. The molecule has 2 N–H and O–H groups in total. The lowest BCUT2D eigenvalue weighted by atomic mass is 10.2. The van der Waals surface area contributed by atoms with Crippen LogP contribution in [-0.4, -0.2) is 30.7 Å². The van der Waals surface area contributed by atoms with E-state index in [9.17, 15) is 9.59 Å². The van der Waals surface area contributed by atoms with Gasteiger partial charge in [-0.3, -0.25) is 4.79 Å². The maximum Gasteiger partial charge on any atom is 0.339 e. The summed E-state index contributed by atoms with van der Waals surface area (Å²) in [6, 6.07) is 9.40. The van der Waals surface area contributed by atoms with Gasteiger partial charge < -0.3 is 19.9 Å². The molecule has 0 spiro atoms. The first-order valence-electron chi connectivity index (χ1n) is 7.01. The standard InChI is InChI=1S/C17H16ClNO5/c1-10-3-4-11(7-14(10)18)19-16(20)9-24-15-8-12(23-2)5-6-13(15)17(21)22/h3-8H,9H2,1-2H3,(H,19,20)(H,21,22). The van der Waals surface area contributed by atoms with Gasteiger partial charge in [0, 0.05) is 16.8 Å². The van der Waals surface area contributed by atoms with Crippen LogP contribution in [0.4, 0.5) is 5.69 Å². The SMILES string of the molecule is COc1ccc(C(=O)O)c(OCC(=O)Nc2ccc(C)c(Cl)c2)c1. The van der Waals surface area contributed by atoms with Crippen molar-refractivity contribution >= 4 is 29.2 Å². The van der Waals surface area contributed by atoms with E-state index in [2.05, 4.69) is 5.32 Å². The molecule has 2 rings (SSSR count). The summed E-state index contributed by atoms with van der Waals surface area (Å²) in [5, 5.41) is 12.3. The highest BCUT2D eigenvalue weighted by Gasteiger charge is 2.14. The van der Waals surface area contributed by atoms with Crippen molar-refractivity contribution < 1.29 is 24.2 Å². The normalized spacial score (nSPS) is 10.1. The highest BCUT2D eigenvalue weighted by atomic mass is 35.5. The molecular weight excluding hydrogens is 334 g/mol. The van der Waals surface area contributed by atoms with Crippen molar-refractivity contribution in [3.8, 4) is 11.5 Å². The summed E-state index contributed by atoms with van der Waals surface area (Å²) in [5.74, 6) is -1.10. The number of halogens is 1. The number of carboxylic acids is 1. The number of carboxylic acid groups (broad SMARTS) is 1. The molecular formula is C17H16ClNO5. The smallest absolute Gasteiger partial charge is 0.339 e. The van der Waals surface area contributed by atoms with Gasteiger partial charge in [0.15, 0.2) is 6.61 Å². The molecule has 6 nitrogen and oxygen atoms in total. The number of carbonyl (C=O) groups excluding carboxylic acids is 1. The van der Waals surface area contributed by atoms with Crippen molar-refractivity contribution in [3.05, 3.63) is 52.5 Å². The van der Waals surface area contributed by atoms with Crippen molar-refractivity contribution in [2.45, 2.75) is 6.92 Å². The lowest BCUT2D eigenvalue weighted by Crippen LogP contribution is -2.21. The number of hydrogen-bond acceptors (Lipinski definition) is 4. The number of nitrogens with one attached hydrogen (secondary N) is 1. The van der Waals surface area contributed by atoms with Crippen molar-refractivity contribution in [2.75, 3.05) is 19.0 Å². The molecule has 24 heavy (non-hydrogen) atoms. The molecule has 2 aromatic carbocycles. The van der Waals surface area contributed by atoms with Crippen LogP contribution in [0.3, 0.4) is 0 Å². The third kappa shape index (κ3) is 4.39. The minimum Gasteiger partial charge on any atom is -0.497 e. The zero-order chi connectivity index (χ0) is 17.7. The summed E-state index contributed by atoms with van der Waals surface area (Å²) in [4.78, 5) is 23.2. The Morgan fingerprint density at radius 1 is 1.21 bits per heavy atom. The molecule has 0 aliphatic rings. The Morgan fingerprint density at radius 3 is 2.58 bits per heavy atom. The highest BCUT2D eigenvalue weighted by Crippen LogP contribution is 2.25. The van der Waals surface area contributed by atoms with Crippen LogP contribution >= 0.6 is 11.6 Å². The fraction of sp³-hybridized carbons (Fsp3) is 0.176. The van der Waals surface area contributed by atoms with Gasteiger partial charge >= 0.3 is 5.97 Å². The van der Waals surface area contributed by atoms with E-state index < -0.39 is 11.9 Å². The van der Waals surface area contributed by atoms with Crippen LogP contribution in [0.5, 0.6) is 11.5 Å². The van der Waals surface area contributed by atoms with Crippen LogP contribution in [0.25, 0.3) is 0 Å². The second-order valence-electron chi connectivity index (χ2n) is 4.97. The second-order valence-corrected chi connectivity index (χ2v) is 5.38. The zero-order valence-electron chi connectivity index (χ0n) is 13.1. The summed E-state index contributed by atoms with van der Waals surface area (Å²) in [6.45, 7) is 1.51. The van der Waals surface area contributed by atoms with Crippen molar-refractivity contribution in [1.82, 2.24) is 0 Å². The second kappa shape index (κ2) is 7.70. The molecule has 0 radical (unpaired) electrons. The molecule has 0 saturated carbocycles. The Labute approximate surface area is 144 Å². The van der Waals surface area contributed by atoms with Crippen LogP contribution in [-0.2, 0) is 4.79 Å². The lowest BCUT2D eigenvalue weighted by molar-refractivity contribution is -0.118. The van der Waals surface area contributed by atoms with E-state index in [1.165, 1.54) is 25.3 Å².